The van der Waals surface area contributed by atoms with Gasteiger partial charge in [0.05, 0.1) is 4.92 Å². The summed E-state index contributed by atoms with van der Waals surface area (Å²) in [6.45, 7) is 5.47. The van der Waals surface area contributed by atoms with Gasteiger partial charge in [-0.05, 0) is 43.2 Å². The van der Waals surface area contributed by atoms with Crippen LogP contribution in [0.4, 0.5) is 17.1 Å². The van der Waals surface area contributed by atoms with Gasteiger partial charge in [-0.15, -0.1) is 0 Å². The highest BCUT2D eigenvalue weighted by atomic mass is 16.6. The zero-order chi connectivity index (χ0) is 19.3. The van der Waals surface area contributed by atoms with Gasteiger partial charge in [-0.2, -0.15) is 0 Å². The molecule has 0 atom stereocenters. The molecular formula is C19H21N3O4. The summed E-state index contributed by atoms with van der Waals surface area (Å²) in [7, 11) is 0. The van der Waals surface area contributed by atoms with Gasteiger partial charge < -0.3 is 10.6 Å². The predicted molar refractivity (Wildman–Crippen MR) is 100 cm³/mol. The number of amides is 2. The number of nitrogens with zero attached hydrogens (tertiary/aromatic N) is 1. The second-order valence-electron chi connectivity index (χ2n) is 6.38. The first-order valence-corrected chi connectivity index (χ1v) is 8.23. The Morgan fingerprint density at radius 1 is 1.04 bits per heavy atom. The van der Waals surface area contributed by atoms with Gasteiger partial charge in [0.2, 0.25) is 5.91 Å². The van der Waals surface area contributed by atoms with E-state index in [0.29, 0.717) is 23.4 Å². The van der Waals surface area contributed by atoms with Gasteiger partial charge in [0, 0.05) is 35.0 Å². The number of rotatable bonds is 6. The molecule has 26 heavy (non-hydrogen) atoms. The maximum absolute atomic E-state index is 12.4. The van der Waals surface area contributed by atoms with Crippen molar-refractivity contribution in [1.82, 2.24) is 0 Å². The Morgan fingerprint density at radius 3 is 2.15 bits per heavy atom. The van der Waals surface area contributed by atoms with Gasteiger partial charge in [-0.1, -0.05) is 19.9 Å². The summed E-state index contributed by atoms with van der Waals surface area (Å²) in [5.41, 5.74) is 1.63. The van der Waals surface area contributed by atoms with Gasteiger partial charge in [0.15, 0.2) is 0 Å². The highest BCUT2D eigenvalue weighted by molar-refractivity contribution is 6.06. The summed E-state index contributed by atoms with van der Waals surface area (Å²) in [6, 6.07) is 11.1. The van der Waals surface area contributed by atoms with Crippen molar-refractivity contribution in [3.05, 3.63) is 63.7 Å². The fraction of sp³-hybridized carbons (Fsp3) is 0.263. The third kappa shape index (κ3) is 4.89. The van der Waals surface area contributed by atoms with E-state index in [4.69, 9.17) is 0 Å². The molecule has 2 aromatic rings. The first kappa shape index (κ1) is 19.1. The second-order valence-corrected chi connectivity index (χ2v) is 6.38. The van der Waals surface area contributed by atoms with Crippen LogP contribution in [-0.4, -0.2) is 16.7 Å². The summed E-state index contributed by atoms with van der Waals surface area (Å²) in [6.07, 6.45) is 0.435. The van der Waals surface area contributed by atoms with Crippen molar-refractivity contribution < 1.29 is 14.5 Å². The lowest BCUT2D eigenvalue weighted by atomic mass is 10.1. The van der Waals surface area contributed by atoms with Crippen molar-refractivity contribution in [3.63, 3.8) is 0 Å². The molecule has 7 nitrogen and oxygen atoms in total. The maximum Gasteiger partial charge on any atom is 0.273 e. The van der Waals surface area contributed by atoms with Gasteiger partial charge in [0.25, 0.3) is 11.6 Å². The highest BCUT2D eigenvalue weighted by Crippen LogP contribution is 2.22. The van der Waals surface area contributed by atoms with E-state index in [1.807, 2.05) is 13.8 Å². The zero-order valence-electron chi connectivity index (χ0n) is 14.9. The Morgan fingerprint density at radius 2 is 1.62 bits per heavy atom. The number of carbonyl (C=O) groups excluding carboxylic acids is 2. The van der Waals surface area contributed by atoms with Crippen LogP contribution in [0.25, 0.3) is 0 Å². The molecule has 0 saturated heterocycles. The number of benzene rings is 2. The molecule has 7 heteroatoms. The van der Waals surface area contributed by atoms with Crippen LogP contribution in [0.3, 0.4) is 0 Å². The molecule has 0 fully saturated rings. The van der Waals surface area contributed by atoms with E-state index in [-0.39, 0.29) is 23.1 Å². The van der Waals surface area contributed by atoms with Gasteiger partial charge in [0.1, 0.15) is 0 Å². The molecule has 0 radical (unpaired) electrons. The minimum absolute atomic E-state index is 0.0657. The van der Waals surface area contributed by atoms with Crippen molar-refractivity contribution >= 4 is 28.9 Å². The lowest BCUT2D eigenvalue weighted by Crippen LogP contribution is -2.15. The number of nitro groups is 1. The fourth-order valence-electron chi connectivity index (χ4n) is 2.49. The topological polar surface area (TPSA) is 101 Å². The molecule has 0 bridgehead atoms. The summed E-state index contributed by atoms with van der Waals surface area (Å²) in [4.78, 5) is 34.6. The number of nitro benzene ring substituents is 1. The number of hydrogen-bond acceptors (Lipinski definition) is 4. The molecule has 136 valence electrons. The van der Waals surface area contributed by atoms with E-state index in [1.165, 1.54) is 18.2 Å². The van der Waals surface area contributed by atoms with Gasteiger partial charge in [-0.3, -0.25) is 19.7 Å². The average Bonchev–Trinajstić information content (AvgIpc) is 2.55. The van der Waals surface area contributed by atoms with E-state index >= 15 is 0 Å². The van der Waals surface area contributed by atoms with Crippen molar-refractivity contribution in [2.45, 2.75) is 27.2 Å². The number of anilines is 2. The Labute approximate surface area is 151 Å². The minimum atomic E-state index is -0.513. The van der Waals surface area contributed by atoms with Crippen LogP contribution >= 0.6 is 0 Å². The fourth-order valence-corrected chi connectivity index (χ4v) is 2.49. The third-order valence-electron chi connectivity index (χ3n) is 3.77. The van der Waals surface area contributed by atoms with Crippen molar-refractivity contribution in [1.29, 1.82) is 0 Å². The van der Waals surface area contributed by atoms with E-state index in [9.17, 15) is 19.7 Å². The van der Waals surface area contributed by atoms with Gasteiger partial charge in [-0.25, -0.2) is 0 Å². The largest absolute Gasteiger partial charge is 0.326 e. The summed E-state index contributed by atoms with van der Waals surface area (Å²) in [5.74, 6) is -0.224. The Balaban J connectivity index is 2.07. The van der Waals surface area contributed by atoms with Gasteiger partial charge >= 0.3 is 0 Å². The normalized spacial score (nSPS) is 10.5. The zero-order valence-corrected chi connectivity index (χ0v) is 14.9. The molecule has 0 unspecified atom stereocenters. The molecule has 0 spiro atoms. The molecule has 0 heterocycles. The van der Waals surface area contributed by atoms with Crippen molar-refractivity contribution in [2.75, 3.05) is 10.6 Å². The molecule has 0 aliphatic heterocycles. The molecule has 0 aliphatic rings. The molecule has 0 aliphatic carbocycles. The summed E-state index contributed by atoms with van der Waals surface area (Å²) < 4.78 is 0. The van der Waals surface area contributed by atoms with Crippen molar-refractivity contribution in [3.8, 4) is 0 Å². The minimum Gasteiger partial charge on any atom is -0.326 e. The van der Waals surface area contributed by atoms with E-state index in [2.05, 4.69) is 10.6 Å². The molecule has 2 rings (SSSR count). The standard InChI is InChI=1S/C19H21N3O4/c1-12(2)11-18(23)20-14-7-9-15(10-8-14)21-19(24)16-5-4-6-17(13(16)3)22(25)26/h4-10,12H,11H2,1-3H3,(H,20,23)(H,21,24). The van der Waals surface area contributed by atoms with E-state index in [1.54, 1.807) is 31.2 Å². The van der Waals surface area contributed by atoms with Crippen LogP contribution < -0.4 is 10.6 Å². The van der Waals surface area contributed by atoms with Crippen LogP contribution in [0.1, 0.15) is 36.2 Å². The Bertz CT molecular complexity index is 829. The first-order valence-electron chi connectivity index (χ1n) is 8.23. The third-order valence-corrected chi connectivity index (χ3v) is 3.77. The molecule has 0 saturated carbocycles. The van der Waals surface area contributed by atoms with E-state index < -0.39 is 10.8 Å². The molecule has 2 aromatic carbocycles. The number of nitrogens with one attached hydrogen (secondary N) is 2. The van der Waals surface area contributed by atoms with Crippen LogP contribution in [0, 0.1) is 23.0 Å². The number of carbonyl (C=O) groups is 2. The van der Waals surface area contributed by atoms with Crippen LogP contribution in [0.2, 0.25) is 0 Å². The number of hydrogen-bond donors (Lipinski definition) is 2. The Kier molecular flexibility index (Phi) is 6.06. The monoisotopic (exact) mass is 355 g/mol. The second kappa shape index (κ2) is 8.24. The molecule has 0 aromatic heterocycles. The lowest BCUT2D eigenvalue weighted by molar-refractivity contribution is -0.385. The highest BCUT2D eigenvalue weighted by Gasteiger charge is 2.18. The molecule has 2 amide bonds. The molecule has 2 N–H and O–H groups in total. The van der Waals surface area contributed by atoms with Crippen LogP contribution in [-0.2, 0) is 4.79 Å². The van der Waals surface area contributed by atoms with Crippen molar-refractivity contribution in [2.24, 2.45) is 5.92 Å². The Hall–Kier alpha value is -3.22. The SMILES string of the molecule is Cc1c(C(=O)Nc2ccc(NC(=O)CC(C)C)cc2)cccc1[N+](=O)[O-]. The quantitative estimate of drug-likeness (QED) is 0.600. The average molecular weight is 355 g/mol. The smallest absolute Gasteiger partial charge is 0.273 e. The summed E-state index contributed by atoms with van der Waals surface area (Å²) >= 11 is 0. The summed E-state index contributed by atoms with van der Waals surface area (Å²) in [5, 5.41) is 16.5. The predicted octanol–water partition coefficient (Wildman–Crippen LogP) is 4.14. The maximum atomic E-state index is 12.4. The van der Waals surface area contributed by atoms with Crippen LogP contribution in [0.5, 0.6) is 0 Å². The lowest BCUT2D eigenvalue weighted by Gasteiger charge is -2.10. The molecular weight excluding hydrogens is 334 g/mol. The van der Waals surface area contributed by atoms with Crippen LogP contribution in [0.15, 0.2) is 42.5 Å². The van der Waals surface area contributed by atoms with E-state index in [0.717, 1.165) is 0 Å². The first-order chi connectivity index (χ1) is 12.3.